The highest BCUT2D eigenvalue weighted by molar-refractivity contribution is 5.94. The van der Waals surface area contributed by atoms with Crippen molar-refractivity contribution in [2.45, 2.75) is 6.42 Å². The fourth-order valence-electron chi connectivity index (χ4n) is 0.965. The van der Waals surface area contributed by atoms with E-state index in [4.69, 9.17) is 10.8 Å². The average Bonchev–Trinajstić information content (AvgIpc) is 2.18. The topological polar surface area (TPSA) is 88.2 Å². The lowest BCUT2D eigenvalue weighted by Gasteiger charge is -2.03. The van der Waals surface area contributed by atoms with Crippen LogP contribution in [0.2, 0.25) is 0 Å². The molecule has 0 saturated heterocycles. The molecule has 0 atom stereocenters. The number of anilines is 1. The summed E-state index contributed by atoms with van der Waals surface area (Å²) >= 11 is 0. The molecule has 0 fully saturated rings. The van der Waals surface area contributed by atoms with E-state index in [0.29, 0.717) is 24.2 Å². The van der Waals surface area contributed by atoms with Crippen molar-refractivity contribution in [3.8, 4) is 0 Å². The van der Waals surface area contributed by atoms with Crippen LogP contribution >= 0.6 is 0 Å². The zero-order valence-corrected chi connectivity index (χ0v) is 7.73. The first kappa shape index (κ1) is 10.5. The molecule has 14 heavy (non-hydrogen) atoms. The lowest BCUT2D eigenvalue weighted by molar-refractivity contribution is 0.0951. The zero-order chi connectivity index (χ0) is 10.4. The molecule has 0 bridgehead atoms. The van der Waals surface area contributed by atoms with E-state index in [-0.39, 0.29) is 12.5 Å². The van der Waals surface area contributed by atoms with Gasteiger partial charge in [0.1, 0.15) is 0 Å². The highest BCUT2D eigenvalue weighted by Gasteiger charge is 2.04. The van der Waals surface area contributed by atoms with Gasteiger partial charge < -0.3 is 16.2 Å². The maximum absolute atomic E-state index is 11.4. The van der Waals surface area contributed by atoms with Gasteiger partial charge in [0.15, 0.2) is 0 Å². The summed E-state index contributed by atoms with van der Waals surface area (Å²) in [4.78, 5) is 15.2. The predicted octanol–water partition coefficient (Wildman–Crippen LogP) is -0.224. The summed E-state index contributed by atoms with van der Waals surface area (Å²) in [6.07, 6.45) is 3.47. The minimum absolute atomic E-state index is 0.0649. The molecule has 1 heterocycles. The van der Waals surface area contributed by atoms with Gasteiger partial charge in [-0.2, -0.15) is 0 Å². The summed E-state index contributed by atoms with van der Waals surface area (Å²) in [5.41, 5.74) is 6.36. The van der Waals surface area contributed by atoms with Gasteiger partial charge in [-0.3, -0.25) is 9.78 Å². The van der Waals surface area contributed by atoms with Crippen molar-refractivity contribution in [3.63, 3.8) is 0 Å². The number of carbonyl (C=O) groups is 1. The van der Waals surface area contributed by atoms with Crippen molar-refractivity contribution >= 4 is 11.6 Å². The number of nitrogens with one attached hydrogen (secondary N) is 1. The molecule has 5 heteroatoms. The third-order valence-corrected chi connectivity index (χ3v) is 1.64. The van der Waals surface area contributed by atoms with Crippen LogP contribution in [0.25, 0.3) is 0 Å². The van der Waals surface area contributed by atoms with Crippen molar-refractivity contribution in [2.75, 3.05) is 18.9 Å². The third-order valence-electron chi connectivity index (χ3n) is 1.64. The molecule has 5 nitrogen and oxygen atoms in total. The summed E-state index contributed by atoms with van der Waals surface area (Å²) in [5.74, 6) is -0.224. The molecule has 4 N–H and O–H groups in total. The number of carbonyl (C=O) groups excluding carboxylic acids is 1. The van der Waals surface area contributed by atoms with Gasteiger partial charge in [-0.15, -0.1) is 0 Å². The summed E-state index contributed by atoms with van der Waals surface area (Å²) in [5, 5.41) is 11.1. The van der Waals surface area contributed by atoms with E-state index in [2.05, 4.69) is 10.3 Å². The van der Waals surface area contributed by atoms with Gasteiger partial charge in [0.05, 0.1) is 11.3 Å². The lowest BCUT2D eigenvalue weighted by Crippen LogP contribution is -2.25. The van der Waals surface area contributed by atoms with Crippen molar-refractivity contribution < 1.29 is 9.90 Å². The molecule has 0 unspecified atom stereocenters. The van der Waals surface area contributed by atoms with Crippen molar-refractivity contribution in [1.29, 1.82) is 0 Å². The quantitative estimate of drug-likeness (QED) is 0.579. The number of hydrogen-bond acceptors (Lipinski definition) is 4. The van der Waals surface area contributed by atoms with Crippen LogP contribution in [0.1, 0.15) is 16.8 Å². The van der Waals surface area contributed by atoms with E-state index in [1.807, 2.05) is 0 Å². The highest BCUT2D eigenvalue weighted by Crippen LogP contribution is 2.03. The second-order valence-electron chi connectivity index (χ2n) is 2.84. The number of aliphatic hydroxyl groups is 1. The van der Waals surface area contributed by atoms with Crippen LogP contribution < -0.4 is 11.1 Å². The summed E-state index contributed by atoms with van der Waals surface area (Å²) in [6.45, 7) is 0.513. The van der Waals surface area contributed by atoms with E-state index >= 15 is 0 Å². The summed E-state index contributed by atoms with van der Waals surface area (Å²) in [7, 11) is 0. The van der Waals surface area contributed by atoms with E-state index in [0.717, 1.165) is 0 Å². The molecule has 1 aromatic rings. The number of aromatic nitrogens is 1. The molecule has 0 aliphatic carbocycles. The van der Waals surface area contributed by atoms with Gasteiger partial charge in [0.25, 0.3) is 5.91 Å². The number of amides is 1. The monoisotopic (exact) mass is 195 g/mol. The van der Waals surface area contributed by atoms with Gasteiger partial charge in [-0.05, 0) is 12.5 Å². The number of nitrogens with two attached hydrogens (primary N) is 1. The predicted molar refractivity (Wildman–Crippen MR) is 52.7 cm³/mol. The summed E-state index contributed by atoms with van der Waals surface area (Å²) in [6, 6.07) is 1.56. The Morgan fingerprint density at radius 2 is 2.36 bits per heavy atom. The first-order valence-electron chi connectivity index (χ1n) is 4.33. The maximum Gasteiger partial charge on any atom is 0.252 e. The minimum Gasteiger partial charge on any atom is -0.397 e. The number of aliphatic hydroxyl groups excluding tert-OH is 1. The molecule has 0 radical (unpaired) electrons. The first-order chi connectivity index (χ1) is 6.74. The fourth-order valence-corrected chi connectivity index (χ4v) is 0.965. The number of rotatable bonds is 4. The van der Waals surface area contributed by atoms with E-state index < -0.39 is 0 Å². The van der Waals surface area contributed by atoms with Crippen LogP contribution in [0.15, 0.2) is 18.5 Å². The van der Waals surface area contributed by atoms with Gasteiger partial charge in [-0.25, -0.2) is 0 Å². The Balaban J connectivity index is 2.52. The third kappa shape index (κ3) is 3.02. The second-order valence-corrected chi connectivity index (χ2v) is 2.84. The first-order valence-corrected chi connectivity index (χ1v) is 4.33. The Morgan fingerprint density at radius 3 is 3.00 bits per heavy atom. The lowest BCUT2D eigenvalue weighted by atomic mass is 10.2. The average molecular weight is 195 g/mol. The molecule has 0 aliphatic rings. The second kappa shape index (κ2) is 5.18. The van der Waals surface area contributed by atoms with Crippen LogP contribution in [0.4, 0.5) is 5.69 Å². The molecule has 1 rings (SSSR count). The van der Waals surface area contributed by atoms with Crippen LogP contribution in [-0.4, -0.2) is 29.1 Å². The Bertz CT molecular complexity index is 315. The Morgan fingerprint density at radius 1 is 1.57 bits per heavy atom. The van der Waals surface area contributed by atoms with Crippen LogP contribution in [0.5, 0.6) is 0 Å². The van der Waals surface area contributed by atoms with E-state index in [1.165, 1.54) is 12.4 Å². The number of pyridine rings is 1. The minimum atomic E-state index is -0.224. The number of nitrogen functional groups attached to an aromatic ring is 1. The Hall–Kier alpha value is -1.62. The highest BCUT2D eigenvalue weighted by atomic mass is 16.3. The number of hydrogen-bond donors (Lipinski definition) is 3. The van der Waals surface area contributed by atoms with Crippen molar-refractivity contribution in [3.05, 3.63) is 24.0 Å². The van der Waals surface area contributed by atoms with Crippen LogP contribution in [0.3, 0.4) is 0 Å². The van der Waals surface area contributed by atoms with Crippen molar-refractivity contribution in [1.82, 2.24) is 10.3 Å². The summed E-state index contributed by atoms with van der Waals surface area (Å²) < 4.78 is 0. The van der Waals surface area contributed by atoms with Crippen LogP contribution in [0, 0.1) is 0 Å². The van der Waals surface area contributed by atoms with Crippen molar-refractivity contribution in [2.24, 2.45) is 0 Å². The Labute approximate surface area is 82.0 Å². The maximum atomic E-state index is 11.4. The molecule has 76 valence electrons. The van der Waals surface area contributed by atoms with E-state index in [9.17, 15) is 4.79 Å². The molecule has 0 saturated carbocycles. The molecule has 0 aromatic carbocycles. The molecular formula is C9H13N3O2. The zero-order valence-electron chi connectivity index (χ0n) is 7.73. The van der Waals surface area contributed by atoms with Gasteiger partial charge >= 0.3 is 0 Å². The normalized spacial score (nSPS) is 9.79. The van der Waals surface area contributed by atoms with Gasteiger partial charge in [0, 0.05) is 25.5 Å². The molecular weight excluding hydrogens is 182 g/mol. The van der Waals surface area contributed by atoms with Gasteiger partial charge in [0.2, 0.25) is 0 Å². The molecule has 1 amide bonds. The van der Waals surface area contributed by atoms with Crippen LogP contribution in [-0.2, 0) is 0 Å². The fraction of sp³-hybridized carbons (Fsp3) is 0.333. The molecule has 1 aromatic heterocycles. The smallest absolute Gasteiger partial charge is 0.252 e. The van der Waals surface area contributed by atoms with E-state index in [1.54, 1.807) is 6.07 Å². The SMILES string of the molecule is Nc1cncc(C(=O)NCCCO)c1. The van der Waals surface area contributed by atoms with Gasteiger partial charge in [-0.1, -0.05) is 0 Å². The Kier molecular flexibility index (Phi) is 3.87. The number of nitrogens with zero attached hydrogens (tertiary/aromatic N) is 1. The largest absolute Gasteiger partial charge is 0.397 e. The standard InChI is InChI=1S/C9H13N3O2/c10-8-4-7(5-11-6-8)9(14)12-2-1-3-13/h4-6,13H,1-3,10H2,(H,12,14). The molecule has 0 aliphatic heterocycles. The molecule has 0 spiro atoms.